The van der Waals surface area contributed by atoms with E-state index in [1.165, 1.54) is 7.11 Å². The van der Waals surface area contributed by atoms with E-state index in [0.29, 0.717) is 6.42 Å². The van der Waals surface area contributed by atoms with Gasteiger partial charge in [0, 0.05) is 36.7 Å². The van der Waals surface area contributed by atoms with Crippen LogP contribution >= 0.6 is 0 Å². The lowest BCUT2D eigenvalue weighted by molar-refractivity contribution is -0.171. The smallest absolute Gasteiger partial charge is 0.335 e. The molecule has 212 valence electrons. The molecule has 0 amide bonds. The molecule has 2 aliphatic heterocycles. The van der Waals surface area contributed by atoms with Gasteiger partial charge in [0.25, 0.3) is 0 Å². The van der Waals surface area contributed by atoms with Crippen LogP contribution in [0.3, 0.4) is 0 Å². The molecular weight excluding hydrogens is 498 g/mol. The zero-order valence-corrected chi connectivity index (χ0v) is 25.7. The number of aliphatic hydroxyl groups is 1. The summed E-state index contributed by atoms with van der Waals surface area (Å²) in [6, 6.07) is 2.42. The van der Waals surface area contributed by atoms with Crippen molar-refractivity contribution in [3.8, 4) is 6.07 Å². The minimum absolute atomic E-state index is 0.0141. The van der Waals surface area contributed by atoms with E-state index in [4.69, 9.17) is 18.6 Å². The molecule has 4 aliphatic rings. The predicted octanol–water partition coefficient (Wildman–Crippen LogP) is 5.02. The molecule has 38 heavy (non-hydrogen) atoms. The normalized spacial score (nSPS) is 45.3. The SMILES string of the molecule is CO[C@H]1C[C@H]2C=C[C@H]3[C@H]4O[C@]2(/C(C)=C/[C@@H](C)[C@@H]([C@@H](C)O[Si](C)(C)C(C)(C)C)OC1=O)[C@@H]3[C@H](O)C(C)[C@H]4C#N. The van der Waals surface area contributed by atoms with Gasteiger partial charge < -0.3 is 23.7 Å². The monoisotopic (exact) mass is 545 g/mol. The summed E-state index contributed by atoms with van der Waals surface area (Å²) in [7, 11) is -0.593. The number of esters is 1. The van der Waals surface area contributed by atoms with E-state index in [-0.39, 0.29) is 46.8 Å². The van der Waals surface area contributed by atoms with Gasteiger partial charge in [-0.15, -0.1) is 0 Å². The highest BCUT2D eigenvalue weighted by Gasteiger charge is 2.68. The van der Waals surface area contributed by atoms with Crippen LogP contribution < -0.4 is 0 Å². The Morgan fingerprint density at radius 2 is 1.92 bits per heavy atom. The summed E-state index contributed by atoms with van der Waals surface area (Å²) in [6.07, 6.45) is 4.12. The van der Waals surface area contributed by atoms with Crippen molar-refractivity contribution in [2.24, 2.45) is 35.5 Å². The van der Waals surface area contributed by atoms with Crippen molar-refractivity contribution < 1.29 is 28.5 Å². The molecule has 0 radical (unpaired) electrons. The second kappa shape index (κ2) is 10.2. The Balaban J connectivity index is 1.79. The van der Waals surface area contributed by atoms with Crippen LogP contribution in [-0.2, 0) is 23.4 Å². The molecule has 0 aromatic rings. The Morgan fingerprint density at radius 1 is 1.26 bits per heavy atom. The molecule has 8 heteroatoms. The molecule has 1 spiro atoms. The number of rotatable bonds is 4. The molecule has 1 saturated carbocycles. The molecule has 4 rings (SSSR count). The molecule has 12 atom stereocenters. The number of methoxy groups -OCH3 is 1. The quantitative estimate of drug-likeness (QED) is 0.301. The molecule has 2 fully saturated rings. The molecule has 7 nitrogen and oxygen atoms in total. The summed E-state index contributed by atoms with van der Waals surface area (Å²) >= 11 is 0. The van der Waals surface area contributed by atoms with Crippen molar-refractivity contribution in [1.82, 2.24) is 0 Å². The van der Waals surface area contributed by atoms with Crippen LogP contribution in [0.5, 0.6) is 0 Å². The number of hydrogen-bond donors (Lipinski definition) is 1. The Morgan fingerprint density at radius 3 is 2.50 bits per heavy atom. The van der Waals surface area contributed by atoms with Crippen molar-refractivity contribution in [3.63, 3.8) is 0 Å². The van der Waals surface area contributed by atoms with Gasteiger partial charge in [0.1, 0.15) is 11.7 Å². The number of aliphatic hydroxyl groups excluding tert-OH is 1. The second-order valence-corrected chi connectivity index (χ2v) is 18.4. The Hall–Kier alpha value is -1.50. The maximum atomic E-state index is 13.5. The highest BCUT2D eigenvalue weighted by Crippen LogP contribution is 2.62. The largest absolute Gasteiger partial charge is 0.457 e. The van der Waals surface area contributed by atoms with Gasteiger partial charge in [0.15, 0.2) is 14.4 Å². The van der Waals surface area contributed by atoms with Crippen LogP contribution in [-0.4, -0.2) is 62.6 Å². The van der Waals surface area contributed by atoms with Gasteiger partial charge in [-0.25, -0.2) is 4.79 Å². The summed E-state index contributed by atoms with van der Waals surface area (Å²) in [5, 5.41) is 21.6. The number of cyclic esters (lactones) is 1. The van der Waals surface area contributed by atoms with E-state index < -0.39 is 44.1 Å². The summed E-state index contributed by atoms with van der Waals surface area (Å²) in [5.41, 5.74) is 0.194. The van der Waals surface area contributed by atoms with Crippen molar-refractivity contribution in [2.75, 3.05) is 7.11 Å². The number of carbonyl (C=O) groups is 1. The van der Waals surface area contributed by atoms with Crippen LogP contribution in [0.2, 0.25) is 18.1 Å². The van der Waals surface area contributed by atoms with Gasteiger partial charge in [-0.05, 0) is 44.0 Å². The maximum Gasteiger partial charge on any atom is 0.335 e. The van der Waals surface area contributed by atoms with Crippen LogP contribution in [0.1, 0.15) is 54.9 Å². The van der Waals surface area contributed by atoms with Gasteiger partial charge in [0.2, 0.25) is 0 Å². The van der Waals surface area contributed by atoms with E-state index in [9.17, 15) is 15.2 Å². The third-order valence-electron chi connectivity index (χ3n) is 10.4. The third-order valence-corrected chi connectivity index (χ3v) is 15.0. The van der Waals surface area contributed by atoms with Gasteiger partial charge in [-0.3, -0.25) is 0 Å². The first kappa shape index (κ1) is 29.5. The third kappa shape index (κ3) is 4.52. The first-order chi connectivity index (χ1) is 17.6. The minimum atomic E-state index is -2.13. The molecule has 4 bridgehead atoms. The van der Waals surface area contributed by atoms with Gasteiger partial charge in [-0.1, -0.05) is 52.8 Å². The minimum Gasteiger partial charge on any atom is -0.457 e. The van der Waals surface area contributed by atoms with Crippen molar-refractivity contribution in [2.45, 2.75) is 109 Å². The predicted molar refractivity (Wildman–Crippen MR) is 147 cm³/mol. The number of hydrogen-bond acceptors (Lipinski definition) is 7. The molecular formula is C30H47NO6Si. The first-order valence-corrected chi connectivity index (χ1v) is 17.0. The molecule has 2 aliphatic carbocycles. The Kier molecular flexibility index (Phi) is 7.88. The fourth-order valence-corrected chi connectivity index (χ4v) is 8.67. The fourth-order valence-electron chi connectivity index (χ4n) is 7.26. The molecule has 1 unspecified atom stereocenters. The van der Waals surface area contributed by atoms with Gasteiger partial charge in [-0.2, -0.15) is 5.26 Å². The summed E-state index contributed by atoms with van der Waals surface area (Å²) in [5.74, 6) is -1.62. The van der Waals surface area contributed by atoms with Crippen LogP contribution in [0.4, 0.5) is 0 Å². The van der Waals surface area contributed by atoms with E-state index in [1.807, 2.05) is 13.8 Å². The summed E-state index contributed by atoms with van der Waals surface area (Å²) in [4.78, 5) is 13.5. The Labute approximate surface area is 229 Å². The number of ether oxygens (including phenoxy) is 3. The number of nitriles is 1. The molecule has 1 N–H and O–H groups in total. The molecule has 0 aromatic heterocycles. The lowest BCUT2D eigenvalue weighted by atomic mass is 9.56. The highest BCUT2D eigenvalue weighted by atomic mass is 28.4. The zero-order chi connectivity index (χ0) is 28.4. The number of carbonyl (C=O) groups excluding carboxylic acids is 1. The van der Waals surface area contributed by atoms with Crippen molar-refractivity contribution in [1.29, 1.82) is 5.26 Å². The van der Waals surface area contributed by atoms with Crippen molar-refractivity contribution >= 4 is 14.3 Å². The van der Waals surface area contributed by atoms with E-state index in [0.717, 1.165) is 5.57 Å². The maximum absolute atomic E-state index is 13.5. The average Bonchev–Trinajstić information content (AvgIpc) is 3.01. The standard InChI is InChI=1S/C30H47NO6Si/c1-16-13-17(2)30-20(11-12-21-24(30)25(32)18(3)22(15-31)27(21)36-30)14-23(34-8)28(33)35-26(16)19(4)37-38(9,10)29(5,6)7/h11-13,16,18-27,32H,14H2,1-10H3/b17-13+/t16-,18?,19-,20-,21-,22-,23+,24+,25-,26+,27-,30+/m1/s1. The molecule has 1 saturated heterocycles. The van der Waals surface area contributed by atoms with Crippen LogP contribution in [0.25, 0.3) is 0 Å². The summed E-state index contributed by atoms with van der Waals surface area (Å²) in [6.45, 7) is 19.1. The van der Waals surface area contributed by atoms with E-state index in [1.54, 1.807) is 0 Å². The average molecular weight is 546 g/mol. The topological polar surface area (TPSA) is 98.0 Å². The first-order valence-electron chi connectivity index (χ1n) is 14.1. The van der Waals surface area contributed by atoms with Crippen molar-refractivity contribution in [3.05, 3.63) is 23.8 Å². The van der Waals surface area contributed by atoms with Gasteiger partial charge >= 0.3 is 5.97 Å². The summed E-state index contributed by atoms with van der Waals surface area (Å²) < 4.78 is 25.5. The fraction of sp³-hybridized carbons (Fsp3) is 0.800. The number of nitrogens with zero attached hydrogens (tertiary/aromatic N) is 1. The highest BCUT2D eigenvalue weighted by molar-refractivity contribution is 6.74. The van der Waals surface area contributed by atoms with Crippen LogP contribution in [0.15, 0.2) is 23.8 Å². The Bertz CT molecular complexity index is 1030. The molecule has 2 heterocycles. The molecule has 0 aromatic carbocycles. The van der Waals surface area contributed by atoms with E-state index in [2.05, 4.69) is 72.0 Å². The second-order valence-electron chi connectivity index (χ2n) is 13.6. The lowest BCUT2D eigenvalue weighted by Crippen LogP contribution is -2.56. The van der Waals surface area contributed by atoms with Crippen LogP contribution in [0, 0.1) is 46.8 Å². The zero-order valence-electron chi connectivity index (χ0n) is 24.7. The van der Waals surface area contributed by atoms with E-state index >= 15 is 0 Å². The van der Waals surface area contributed by atoms with Gasteiger partial charge in [0.05, 0.1) is 30.3 Å². The lowest BCUT2D eigenvalue weighted by Gasteiger charge is -2.48.